The average Bonchev–Trinajstić information content (AvgIpc) is 2.29. The van der Waals surface area contributed by atoms with Gasteiger partial charge < -0.3 is 4.79 Å². The minimum absolute atomic E-state index is 0.176. The van der Waals surface area contributed by atoms with Gasteiger partial charge >= 0.3 is 0 Å². The zero-order valence-corrected chi connectivity index (χ0v) is 11.0. The fourth-order valence-corrected chi connectivity index (χ4v) is 1.61. The molecule has 0 N–H and O–H groups in total. The van der Waals surface area contributed by atoms with E-state index in [4.69, 9.17) is 0 Å². The summed E-state index contributed by atoms with van der Waals surface area (Å²) in [5.41, 5.74) is 2.19. The first kappa shape index (κ1) is 13.0. The van der Waals surface area contributed by atoms with Crippen LogP contribution < -0.4 is 0 Å². The molecule has 1 rings (SSSR count). The Morgan fingerprint density at radius 2 is 1.69 bits per heavy atom. The van der Waals surface area contributed by atoms with E-state index >= 15 is 0 Å². The predicted octanol–water partition coefficient (Wildman–Crippen LogP) is 3.85. The summed E-state index contributed by atoms with van der Waals surface area (Å²) in [5.74, 6) is 0. The summed E-state index contributed by atoms with van der Waals surface area (Å²) in [7, 11) is 0. The molecular formula is C15H22O. The van der Waals surface area contributed by atoms with E-state index in [1.807, 2.05) is 26.0 Å². The molecule has 0 bridgehead atoms. The van der Waals surface area contributed by atoms with Crippen LogP contribution in [0.2, 0.25) is 0 Å². The fourth-order valence-electron chi connectivity index (χ4n) is 1.61. The van der Waals surface area contributed by atoms with Gasteiger partial charge in [0.05, 0.1) is 0 Å². The Labute approximate surface area is 98.9 Å². The molecule has 0 aliphatic rings. The van der Waals surface area contributed by atoms with Gasteiger partial charge in [-0.05, 0) is 36.8 Å². The SMILES string of the molecule is CCC(C)(C)c1cccc(C(C)(C)C=O)c1. The second-order valence-corrected chi connectivity index (χ2v) is 5.66. The first-order chi connectivity index (χ1) is 7.33. The Morgan fingerprint density at radius 1 is 1.12 bits per heavy atom. The molecule has 0 saturated heterocycles. The van der Waals surface area contributed by atoms with Gasteiger partial charge in [-0.2, -0.15) is 0 Å². The third-order valence-electron chi connectivity index (χ3n) is 3.57. The van der Waals surface area contributed by atoms with Gasteiger partial charge in [0.25, 0.3) is 0 Å². The summed E-state index contributed by atoms with van der Waals surface area (Å²) in [6, 6.07) is 8.39. The first-order valence-electron chi connectivity index (χ1n) is 5.91. The Morgan fingerprint density at radius 3 is 2.19 bits per heavy atom. The third-order valence-corrected chi connectivity index (χ3v) is 3.57. The van der Waals surface area contributed by atoms with Gasteiger partial charge in [-0.15, -0.1) is 0 Å². The van der Waals surface area contributed by atoms with Crippen molar-refractivity contribution in [2.24, 2.45) is 0 Å². The third kappa shape index (κ3) is 2.52. The molecule has 1 aromatic carbocycles. The van der Waals surface area contributed by atoms with E-state index in [1.54, 1.807) is 0 Å². The van der Waals surface area contributed by atoms with Crippen LogP contribution in [0.5, 0.6) is 0 Å². The van der Waals surface area contributed by atoms with Crippen LogP contribution in [-0.2, 0) is 15.6 Å². The molecule has 0 radical (unpaired) electrons. The van der Waals surface area contributed by atoms with Crippen molar-refractivity contribution in [3.63, 3.8) is 0 Å². The van der Waals surface area contributed by atoms with Crippen LogP contribution in [0.15, 0.2) is 24.3 Å². The van der Waals surface area contributed by atoms with Crippen LogP contribution in [0.4, 0.5) is 0 Å². The van der Waals surface area contributed by atoms with Crippen LogP contribution in [-0.4, -0.2) is 6.29 Å². The topological polar surface area (TPSA) is 17.1 Å². The second kappa shape index (κ2) is 4.40. The predicted molar refractivity (Wildman–Crippen MR) is 68.8 cm³/mol. The lowest BCUT2D eigenvalue weighted by Crippen LogP contribution is -2.21. The van der Waals surface area contributed by atoms with Crippen molar-refractivity contribution in [3.8, 4) is 0 Å². The van der Waals surface area contributed by atoms with Gasteiger partial charge in [0.15, 0.2) is 0 Å². The maximum atomic E-state index is 11.1. The maximum absolute atomic E-state index is 11.1. The molecule has 0 aromatic heterocycles. The van der Waals surface area contributed by atoms with E-state index in [-0.39, 0.29) is 10.8 Å². The van der Waals surface area contributed by atoms with Gasteiger partial charge in [0.1, 0.15) is 6.29 Å². The molecule has 0 amide bonds. The summed E-state index contributed by atoms with van der Waals surface area (Å²) in [5, 5.41) is 0. The largest absolute Gasteiger partial charge is 0.302 e. The van der Waals surface area contributed by atoms with Crippen molar-refractivity contribution >= 4 is 6.29 Å². The van der Waals surface area contributed by atoms with Crippen molar-refractivity contribution in [1.82, 2.24) is 0 Å². The van der Waals surface area contributed by atoms with E-state index in [2.05, 4.69) is 32.9 Å². The summed E-state index contributed by atoms with van der Waals surface area (Å²) >= 11 is 0. The highest BCUT2D eigenvalue weighted by atomic mass is 16.1. The van der Waals surface area contributed by atoms with Gasteiger partial charge in [-0.3, -0.25) is 0 Å². The van der Waals surface area contributed by atoms with Crippen molar-refractivity contribution in [2.45, 2.75) is 51.9 Å². The fraction of sp³-hybridized carbons (Fsp3) is 0.533. The van der Waals surface area contributed by atoms with Crippen LogP contribution in [0.1, 0.15) is 52.2 Å². The summed E-state index contributed by atoms with van der Waals surface area (Å²) < 4.78 is 0. The van der Waals surface area contributed by atoms with E-state index < -0.39 is 0 Å². The zero-order valence-electron chi connectivity index (χ0n) is 11.0. The summed E-state index contributed by atoms with van der Waals surface area (Å²) in [4.78, 5) is 11.1. The number of hydrogen-bond donors (Lipinski definition) is 0. The Balaban J connectivity index is 3.19. The van der Waals surface area contributed by atoms with Crippen molar-refractivity contribution in [2.75, 3.05) is 0 Å². The number of rotatable bonds is 4. The molecule has 0 unspecified atom stereocenters. The summed E-state index contributed by atoms with van der Waals surface area (Å²) in [6.45, 7) is 10.6. The molecule has 0 aliphatic heterocycles. The Bertz CT molecular complexity index is 375. The Kier molecular flexibility index (Phi) is 3.57. The summed E-state index contributed by atoms with van der Waals surface area (Å²) in [6.07, 6.45) is 2.11. The maximum Gasteiger partial charge on any atom is 0.129 e. The van der Waals surface area contributed by atoms with Gasteiger partial charge in [-0.1, -0.05) is 45.0 Å². The minimum atomic E-state index is -0.389. The van der Waals surface area contributed by atoms with E-state index in [9.17, 15) is 4.79 Å². The molecule has 16 heavy (non-hydrogen) atoms. The number of carbonyl (C=O) groups is 1. The number of aldehydes is 1. The highest BCUT2D eigenvalue weighted by Crippen LogP contribution is 2.30. The van der Waals surface area contributed by atoms with Gasteiger partial charge in [-0.25, -0.2) is 0 Å². The lowest BCUT2D eigenvalue weighted by Gasteiger charge is -2.26. The molecule has 0 heterocycles. The number of carbonyl (C=O) groups excluding carboxylic acids is 1. The molecule has 0 fully saturated rings. The molecule has 0 saturated carbocycles. The second-order valence-electron chi connectivity index (χ2n) is 5.66. The standard InChI is InChI=1S/C15H22O/c1-6-14(2,3)12-8-7-9-13(10-12)15(4,5)11-16/h7-11H,6H2,1-5H3. The molecule has 0 atom stereocenters. The molecule has 1 heteroatoms. The minimum Gasteiger partial charge on any atom is -0.302 e. The average molecular weight is 218 g/mol. The first-order valence-corrected chi connectivity index (χ1v) is 5.91. The molecule has 88 valence electrons. The van der Waals surface area contributed by atoms with Crippen LogP contribution in [0.3, 0.4) is 0 Å². The van der Waals surface area contributed by atoms with Crippen LogP contribution >= 0.6 is 0 Å². The normalized spacial score (nSPS) is 12.6. The lowest BCUT2D eigenvalue weighted by molar-refractivity contribution is -0.111. The quantitative estimate of drug-likeness (QED) is 0.701. The van der Waals surface area contributed by atoms with Gasteiger partial charge in [0, 0.05) is 5.41 Å². The van der Waals surface area contributed by atoms with E-state index in [0.29, 0.717) is 0 Å². The van der Waals surface area contributed by atoms with Gasteiger partial charge in [0.2, 0.25) is 0 Å². The van der Waals surface area contributed by atoms with E-state index in [0.717, 1.165) is 18.3 Å². The molecule has 0 aliphatic carbocycles. The molecular weight excluding hydrogens is 196 g/mol. The molecule has 1 aromatic rings. The zero-order chi connectivity index (χ0) is 12.4. The molecule has 0 spiro atoms. The van der Waals surface area contributed by atoms with E-state index in [1.165, 1.54) is 5.56 Å². The van der Waals surface area contributed by atoms with Crippen molar-refractivity contribution in [1.29, 1.82) is 0 Å². The van der Waals surface area contributed by atoms with Crippen LogP contribution in [0.25, 0.3) is 0 Å². The Hall–Kier alpha value is -1.11. The number of hydrogen-bond acceptors (Lipinski definition) is 1. The van der Waals surface area contributed by atoms with Crippen LogP contribution in [0, 0.1) is 0 Å². The number of benzene rings is 1. The van der Waals surface area contributed by atoms with Crippen molar-refractivity contribution < 1.29 is 4.79 Å². The highest BCUT2D eigenvalue weighted by Gasteiger charge is 2.23. The highest BCUT2D eigenvalue weighted by molar-refractivity contribution is 5.67. The smallest absolute Gasteiger partial charge is 0.129 e. The molecule has 1 nitrogen and oxygen atoms in total. The lowest BCUT2D eigenvalue weighted by atomic mass is 9.78. The van der Waals surface area contributed by atoms with Crippen molar-refractivity contribution in [3.05, 3.63) is 35.4 Å². The monoisotopic (exact) mass is 218 g/mol.